The minimum atomic E-state index is -0.976. The van der Waals surface area contributed by atoms with E-state index in [2.05, 4.69) is 11.2 Å². The van der Waals surface area contributed by atoms with Crippen LogP contribution >= 0.6 is 0 Å². The van der Waals surface area contributed by atoms with Gasteiger partial charge in [0.15, 0.2) is 0 Å². The normalized spacial score (nSPS) is 16.8. The summed E-state index contributed by atoms with van der Waals surface area (Å²) in [4.78, 5) is 24.0. The van der Waals surface area contributed by atoms with Crippen molar-refractivity contribution in [3.63, 3.8) is 0 Å². The summed E-state index contributed by atoms with van der Waals surface area (Å²) in [5, 5.41) is 11.3. The molecule has 0 saturated carbocycles. The van der Waals surface area contributed by atoms with E-state index in [1.165, 1.54) is 0 Å². The number of aliphatic carboxylic acids is 1. The molecule has 19 heavy (non-hydrogen) atoms. The first-order chi connectivity index (χ1) is 8.84. The van der Waals surface area contributed by atoms with E-state index in [0.29, 0.717) is 25.9 Å². The number of ether oxygens (including phenoxy) is 1. The Labute approximate surface area is 113 Å². The molecule has 0 aliphatic carbocycles. The number of amides is 2. The Kier molecular flexibility index (Phi) is 5.19. The molecule has 106 valence electrons. The molecule has 0 aromatic rings. The molecule has 1 heterocycles. The fraction of sp³-hybridized carbons (Fsp3) is 0.692. The predicted molar refractivity (Wildman–Crippen MR) is 69.6 cm³/mol. The van der Waals surface area contributed by atoms with E-state index in [1.807, 2.05) is 0 Å². The Bertz CT molecular complexity index is 379. The highest BCUT2D eigenvalue weighted by Crippen LogP contribution is 2.14. The number of piperidine rings is 1. The van der Waals surface area contributed by atoms with Crippen molar-refractivity contribution in [2.75, 3.05) is 19.7 Å². The van der Waals surface area contributed by atoms with Crippen molar-refractivity contribution in [2.24, 2.45) is 0 Å². The van der Waals surface area contributed by atoms with Gasteiger partial charge in [0.2, 0.25) is 0 Å². The van der Waals surface area contributed by atoms with Gasteiger partial charge < -0.3 is 20.1 Å². The van der Waals surface area contributed by atoms with Gasteiger partial charge in [-0.25, -0.2) is 9.59 Å². The van der Waals surface area contributed by atoms with Crippen LogP contribution in [0.3, 0.4) is 0 Å². The average Bonchev–Trinajstić information content (AvgIpc) is 2.36. The third kappa shape index (κ3) is 5.18. The molecule has 1 fully saturated rings. The van der Waals surface area contributed by atoms with Gasteiger partial charge in [-0.3, -0.25) is 0 Å². The molecule has 0 radical (unpaired) electrons. The van der Waals surface area contributed by atoms with Crippen molar-refractivity contribution in [3.8, 4) is 12.3 Å². The Morgan fingerprint density at radius 2 is 2.05 bits per heavy atom. The summed E-state index contributed by atoms with van der Waals surface area (Å²) in [5.74, 6) is 1.53. The summed E-state index contributed by atoms with van der Waals surface area (Å²) >= 11 is 0. The molecule has 0 aromatic heterocycles. The van der Waals surface area contributed by atoms with Crippen LogP contribution in [0.15, 0.2) is 0 Å². The van der Waals surface area contributed by atoms with Crippen molar-refractivity contribution in [1.82, 2.24) is 10.2 Å². The highest BCUT2D eigenvalue weighted by molar-refractivity contribution is 5.75. The molecule has 0 spiro atoms. The lowest BCUT2D eigenvalue weighted by atomic mass is 10.1. The van der Waals surface area contributed by atoms with E-state index < -0.39 is 11.5 Å². The quantitative estimate of drug-likeness (QED) is 0.735. The van der Waals surface area contributed by atoms with Gasteiger partial charge in [-0.1, -0.05) is 5.92 Å². The largest absolute Gasteiger partial charge is 0.480 e. The van der Waals surface area contributed by atoms with Gasteiger partial charge in [-0.05, 0) is 26.7 Å². The van der Waals surface area contributed by atoms with Gasteiger partial charge in [0, 0.05) is 13.1 Å². The number of terminal acetylenes is 1. The van der Waals surface area contributed by atoms with E-state index >= 15 is 0 Å². The lowest BCUT2D eigenvalue weighted by Crippen LogP contribution is -2.52. The summed E-state index contributed by atoms with van der Waals surface area (Å²) < 4.78 is 5.20. The number of hydrogen-bond acceptors (Lipinski definition) is 3. The highest BCUT2D eigenvalue weighted by Gasteiger charge is 2.26. The Hall–Kier alpha value is -1.74. The lowest BCUT2D eigenvalue weighted by Gasteiger charge is -2.33. The molecule has 6 nitrogen and oxygen atoms in total. The Morgan fingerprint density at radius 1 is 1.47 bits per heavy atom. The maximum Gasteiger partial charge on any atom is 0.329 e. The number of nitrogens with one attached hydrogen (secondary N) is 1. The third-order valence-electron chi connectivity index (χ3n) is 2.95. The van der Waals surface area contributed by atoms with E-state index in [0.717, 1.165) is 0 Å². The first kappa shape index (κ1) is 15.3. The number of carboxylic acid groups (broad SMARTS) is 1. The number of carboxylic acids is 1. The minimum Gasteiger partial charge on any atom is -0.480 e. The molecule has 0 unspecified atom stereocenters. The second kappa shape index (κ2) is 6.43. The Morgan fingerprint density at radius 3 is 2.53 bits per heavy atom. The molecule has 2 amide bonds. The van der Waals surface area contributed by atoms with Crippen LogP contribution in [0.5, 0.6) is 0 Å². The van der Waals surface area contributed by atoms with Crippen molar-refractivity contribution in [1.29, 1.82) is 0 Å². The van der Waals surface area contributed by atoms with E-state index in [1.54, 1.807) is 18.7 Å². The fourth-order valence-electron chi connectivity index (χ4n) is 1.80. The molecular weight excluding hydrogens is 248 g/mol. The summed E-state index contributed by atoms with van der Waals surface area (Å²) in [6.07, 6.45) is 6.49. The first-order valence-corrected chi connectivity index (χ1v) is 6.22. The van der Waals surface area contributed by atoms with Crippen LogP contribution in [-0.2, 0) is 9.53 Å². The van der Waals surface area contributed by atoms with Crippen LogP contribution < -0.4 is 5.32 Å². The zero-order chi connectivity index (χ0) is 14.5. The molecular formula is C13H20N2O4. The fourth-order valence-corrected chi connectivity index (χ4v) is 1.80. The molecule has 1 aliphatic rings. The summed E-state index contributed by atoms with van der Waals surface area (Å²) in [6.45, 7) is 4.30. The number of nitrogens with zero attached hydrogens (tertiary/aromatic N) is 1. The molecule has 0 atom stereocenters. The van der Waals surface area contributed by atoms with E-state index in [-0.39, 0.29) is 18.7 Å². The third-order valence-corrected chi connectivity index (χ3v) is 2.95. The van der Waals surface area contributed by atoms with Crippen LogP contribution in [-0.4, -0.2) is 53.3 Å². The van der Waals surface area contributed by atoms with Crippen molar-refractivity contribution >= 4 is 12.0 Å². The smallest absolute Gasteiger partial charge is 0.329 e. The second-order valence-electron chi connectivity index (χ2n) is 5.09. The van der Waals surface area contributed by atoms with Gasteiger partial charge in [-0.2, -0.15) is 0 Å². The van der Waals surface area contributed by atoms with Gasteiger partial charge >= 0.3 is 12.0 Å². The van der Waals surface area contributed by atoms with Crippen molar-refractivity contribution < 1.29 is 19.4 Å². The predicted octanol–water partition coefficient (Wildman–Crippen LogP) is 0.673. The average molecular weight is 268 g/mol. The molecule has 1 saturated heterocycles. The number of hydrogen-bond donors (Lipinski definition) is 2. The summed E-state index contributed by atoms with van der Waals surface area (Å²) in [7, 11) is 0. The molecule has 0 aromatic carbocycles. The summed E-state index contributed by atoms with van der Waals surface area (Å²) in [5.41, 5.74) is -0.673. The summed E-state index contributed by atoms with van der Waals surface area (Å²) in [6, 6.07) is -0.195. The lowest BCUT2D eigenvalue weighted by molar-refractivity contribution is -0.145. The maximum atomic E-state index is 11.9. The van der Waals surface area contributed by atoms with Crippen LogP contribution in [0.1, 0.15) is 26.7 Å². The van der Waals surface area contributed by atoms with Crippen LogP contribution in [0.4, 0.5) is 4.79 Å². The zero-order valence-electron chi connectivity index (χ0n) is 11.3. The number of carbonyl (C=O) groups is 2. The molecule has 0 bridgehead atoms. The number of rotatable bonds is 4. The zero-order valence-corrected chi connectivity index (χ0v) is 11.3. The number of likely N-dealkylation sites (tertiary alicyclic amines) is 1. The van der Waals surface area contributed by atoms with Gasteiger partial charge in [0.05, 0.1) is 11.6 Å². The molecule has 1 rings (SSSR count). The van der Waals surface area contributed by atoms with Crippen LogP contribution in [0.2, 0.25) is 0 Å². The number of urea groups is 1. The highest BCUT2D eigenvalue weighted by atomic mass is 16.5. The van der Waals surface area contributed by atoms with Gasteiger partial charge in [0.25, 0.3) is 0 Å². The SMILES string of the molecule is C#CC(C)(C)NC(=O)N1CCC(OCC(=O)O)CC1. The topological polar surface area (TPSA) is 78.9 Å². The molecule has 6 heteroatoms. The Balaban J connectivity index is 2.35. The minimum absolute atomic E-state index is 0.0965. The van der Waals surface area contributed by atoms with E-state index in [9.17, 15) is 9.59 Å². The molecule has 1 aliphatic heterocycles. The standard InChI is InChI=1S/C13H20N2O4/c1-4-13(2,3)14-12(18)15-7-5-10(6-8-15)19-9-11(16)17/h1,10H,5-9H2,2-3H3,(H,14,18)(H,16,17). The molecule has 2 N–H and O–H groups in total. The van der Waals surface area contributed by atoms with Crippen LogP contribution in [0, 0.1) is 12.3 Å². The number of carbonyl (C=O) groups excluding carboxylic acids is 1. The maximum absolute atomic E-state index is 11.9. The second-order valence-corrected chi connectivity index (χ2v) is 5.09. The monoisotopic (exact) mass is 268 g/mol. The van der Waals surface area contributed by atoms with Gasteiger partial charge in [0.1, 0.15) is 6.61 Å². The van der Waals surface area contributed by atoms with Crippen LogP contribution in [0.25, 0.3) is 0 Å². The van der Waals surface area contributed by atoms with Gasteiger partial charge in [-0.15, -0.1) is 6.42 Å². The van der Waals surface area contributed by atoms with E-state index in [4.69, 9.17) is 16.3 Å². The van der Waals surface area contributed by atoms with Crippen molar-refractivity contribution in [3.05, 3.63) is 0 Å². The first-order valence-electron chi connectivity index (χ1n) is 6.22. The van der Waals surface area contributed by atoms with Crippen molar-refractivity contribution in [2.45, 2.75) is 38.3 Å².